The van der Waals surface area contributed by atoms with Crippen LogP contribution in [0.5, 0.6) is 0 Å². The van der Waals surface area contributed by atoms with Crippen molar-refractivity contribution in [1.29, 1.82) is 5.26 Å². The van der Waals surface area contributed by atoms with Crippen LogP contribution in [-0.4, -0.2) is 65.5 Å². The Labute approximate surface area is 258 Å². The van der Waals surface area contributed by atoms with E-state index < -0.39 is 0 Å². The summed E-state index contributed by atoms with van der Waals surface area (Å²) in [6, 6.07) is 18.0. The highest BCUT2D eigenvalue weighted by molar-refractivity contribution is 6.42. The molecule has 41 heavy (non-hydrogen) atoms. The molecule has 0 aliphatic carbocycles. The first-order chi connectivity index (χ1) is 19.8. The molecule has 7 nitrogen and oxygen atoms in total. The van der Waals surface area contributed by atoms with Crippen molar-refractivity contribution in [1.82, 2.24) is 20.1 Å². The molecule has 2 fully saturated rings. The molecule has 3 heterocycles. The van der Waals surface area contributed by atoms with Gasteiger partial charge in [0.1, 0.15) is 5.82 Å². The lowest BCUT2D eigenvalue weighted by atomic mass is 9.99. The van der Waals surface area contributed by atoms with Crippen LogP contribution in [0.2, 0.25) is 15.1 Å². The summed E-state index contributed by atoms with van der Waals surface area (Å²) in [6.45, 7) is 8.28. The van der Waals surface area contributed by atoms with Crippen molar-refractivity contribution in [2.24, 2.45) is 0 Å². The largest absolute Gasteiger partial charge is 0.353 e. The summed E-state index contributed by atoms with van der Waals surface area (Å²) in [6.07, 6.45) is 3.88. The van der Waals surface area contributed by atoms with Gasteiger partial charge in [0, 0.05) is 52.4 Å². The summed E-state index contributed by atoms with van der Waals surface area (Å²) in [5.74, 6) is 0.470. The fraction of sp³-hybridized carbons (Fsp3) is 0.387. The van der Waals surface area contributed by atoms with Crippen molar-refractivity contribution in [2.45, 2.75) is 44.9 Å². The molecule has 2 aromatic carbocycles. The molecule has 0 radical (unpaired) electrons. The number of amides is 1. The van der Waals surface area contributed by atoms with Crippen molar-refractivity contribution in [2.75, 3.05) is 37.6 Å². The number of benzene rings is 2. The highest BCUT2D eigenvalue weighted by atomic mass is 35.5. The first kappa shape index (κ1) is 29.6. The highest BCUT2D eigenvalue weighted by Crippen LogP contribution is 2.29. The molecule has 10 heteroatoms. The maximum atomic E-state index is 12.7. The summed E-state index contributed by atoms with van der Waals surface area (Å²) in [7, 11) is 0. The first-order valence-corrected chi connectivity index (χ1v) is 15.0. The van der Waals surface area contributed by atoms with Crippen LogP contribution < -0.4 is 10.2 Å². The predicted octanol–water partition coefficient (Wildman–Crippen LogP) is 6.26. The van der Waals surface area contributed by atoms with Gasteiger partial charge in [-0.25, -0.2) is 4.98 Å². The minimum atomic E-state index is -0.249. The second-order valence-electron chi connectivity index (χ2n) is 10.8. The molecule has 2 aliphatic rings. The Morgan fingerprint density at radius 1 is 1.00 bits per heavy atom. The van der Waals surface area contributed by atoms with Gasteiger partial charge in [0.25, 0.3) is 5.91 Å². The lowest BCUT2D eigenvalue weighted by Crippen LogP contribution is -2.57. The number of piperidine rings is 1. The quantitative estimate of drug-likeness (QED) is 0.339. The van der Waals surface area contributed by atoms with Crippen LogP contribution in [0.15, 0.2) is 54.7 Å². The van der Waals surface area contributed by atoms with Crippen LogP contribution in [-0.2, 0) is 13.1 Å². The number of hydrogen-bond acceptors (Lipinski definition) is 6. The second kappa shape index (κ2) is 13.4. The van der Waals surface area contributed by atoms with Gasteiger partial charge in [-0.1, -0.05) is 53.0 Å². The van der Waals surface area contributed by atoms with Gasteiger partial charge in [0.15, 0.2) is 0 Å². The number of halogens is 3. The fourth-order valence-electron chi connectivity index (χ4n) is 5.78. The fourth-order valence-corrected chi connectivity index (χ4v) is 6.39. The molecule has 3 aromatic rings. The maximum absolute atomic E-state index is 12.7. The molecule has 1 aromatic heterocycles. The van der Waals surface area contributed by atoms with E-state index in [0.717, 1.165) is 63.5 Å². The SMILES string of the molecule is C[C@@H]1CN(c2ncc(C(=O)NCc3ccc(Cl)c(Cl)c3)cc2Cl)CCN1C1CCN(Cc2ccc(C#N)cc2)CC1.[HH]. The lowest BCUT2D eigenvalue weighted by molar-refractivity contribution is 0.0690. The van der Waals surface area contributed by atoms with Gasteiger partial charge in [0.2, 0.25) is 0 Å². The number of carbonyl (C=O) groups is 1. The number of nitrogens with zero attached hydrogens (tertiary/aromatic N) is 5. The lowest BCUT2D eigenvalue weighted by Gasteiger charge is -2.47. The third kappa shape index (κ3) is 7.32. The van der Waals surface area contributed by atoms with Gasteiger partial charge < -0.3 is 10.2 Å². The zero-order valence-corrected chi connectivity index (χ0v) is 25.3. The molecule has 0 saturated carbocycles. The predicted molar refractivity (Wildman–Crippen MR) is 167 cm³/mol. The van der Waals surface area contributed by atoms with E-state index >= 15 is 0 Å². The number of likely N-dealkylation sites (tertiary alicyclic amines) is 1. The van der Waals surface area contributed by atoms with Crippen molar-refractivity contribution in [3.63, 3.8) is 0 Å². The third-order valence-corrected chi connectivity index (χ3v) is 9.03. The van der Waals surface area contributed by atoms with Gasteiger partial charge in [0.05, 0.1) is 32.3 Å². The first-order valence-electron chi connectivity index (χ1n) is 13.9. The van der Waals surface area contributed by atoms with Crippen LogP contribution in [0, 0.1) is 11.3 Å². The maximum Gasteiger partial charge on any atom is 0.253 e. The Balaban J connectivity index is 0.00000405. The Hall–Kier alpha value is -2.86. The van der Waals surface area contributed by atoms with E-state index in [1.54, 1.807) is 24.4 Å². The number of carbonyl (C=O) groups excluding carboxylic acids is 1. The molecular formula is C31H35Cl3N6O. The Bertz CT molecular complexity index is 1430. The molecule has 1 N–H and O–H groups in total. The summed E-state index contributed by atoms with van der Waals surface area (Å²) >= 11 is 18.7. The van der Waals surface area contributed by atoms with Gasteiger partial charge in [-0.3, -0.25) is 14.6 Å². The molecule has 0 unspecified atom stereocenters. The van der Waals surface area contributed by atoms with Gasteiger partial charge in [-0.2, -0.15) is 5.26 Å². The summed E-state index contributed by atoms with van der Waals surface area (Å²) in [5, 5.41) is 13.3. The van der Waals surface area contributed by atoms with E-state index in [1.807, 2.05) is 18.2 Å². The number of nitrogens with one attached hydrogen (secondary N) is 1. The monoisotopic (exact) mass is 612 g/mol. The molecule has 2 aliphatic heterocycles. The van der Waals surface area contributed by atoms with Gasteiger partial charge in [-0.15, -0.1) is 0 Å². The molecule has 216 valence electrons. The van der Waals surface area contributed by atoms with Gasteiger partial charge in [-0.05, 0) is 74.3 Å². The third-order valence-electron chi connectivity index (χ3n) is 8.01. The summed E-state index contributed by atoms with van der Waals surface area (Å²) in [4.78, 5) is 24.7. The minimum Gasteiger partial charge on any atom is -0.353 e. The van der Waals surface area contributed by atoms with Crippen molar-refractivity contribution >= 4 is 46.5 Å². The minimum absolute atomic E-state index is 0. The second-order valence-corrected chi connectivity index (χ2v) is 12.0. The topological polar surface area (TPSA) is 75.5 Å². The number of hydrogen-bond donors (Lipinski definition) is 1. The van der Waals surface area contributed by atoms with E-state index in [9.17, 15) is 4.79 Å². The highest BCUT2D eigenvalue weighted by Gasteiger charge is 2.32. The van der Waals surface area contributed by atoms with E-state index in [2.05, 4.69) is 50.1 Å². The van der Waals surface area contributed by atoms with E-state index in [0.29, 0.717) is 44.8 Å². The number of piperazine rings is 1. The van der Waals surface area contributed by atoms with Crippen LogP contribution >= 0.6 is 34.8 Å². The van der Waals surface area contributed by atoms with Crippen molar-refractivity contribution < 1.29 is 6.22 Å². The summed E-state index contributed by atoms with van der Waals surface area (Å²) in [5.41, 5.74) is 3.23. The number of anilines is 1. The molecule has 0 spiro atoms. The number of pyridine rings is 1. The standard InChI is InChI=1S/C31H33Cl3N6O.H2/c1-21-19-39(12-13-40(21)26-8-10-38(11-9-26)20-23-4-2-22(16-35)3-5-23)30-29(34)15-25(18-36-30)31(41)37-17-24-6-7-27(32)28(33)14-24;/h2-7,14-15,18,21,26H,8-13,17,19-20H2,1H3,(H,37,41);1H/t21-;/m1./s1. The van der Waals surface area contributed by atoms with Crippen LogP contribution in [0.1, 0.15) is 48.2 Å². The Morgan fingerprint density at radius 3 is 2.39 bits per heavy atom. The van der Waals surface area contributed by atoms with Crippen molar-refractivity contribution in [3.8, 4) is 6.07 Å². The molecule has 0 bridgehead atoms. The average Bonchev–Trinajstić information content (AvgIpc) is 2.98. The van der Waals surface area contributed by atoms with Crippen molar-refractivity contribution in [3.05, 3.63) is 92.0 Å². The molecule has 1 amide bonds. The normalized spacial score (nSPS) is 18.7. The number of nitriles is 1. The smallest absolute Gasteiger partial charge is 0.253 e. The zero-order chi connectivity index (χ0) is 28.9. The van der Waals surface area contributed by atoms with Crippen LogP contribution in [0.3, 0.4) is 0 Å². The number of rotatable bonds is 7. The Kier molecular flexibility index (Phi) is 9.69. The van der Waals surface area contributed by atoms with E-state index in [4.69, 9.17) is 40.1 Å². The van der Waals surface area contributed by atoms with Crippen LogP contribution in [0.4, 0.5) is 5.82 Å². The van der Waals surface area contributed by atoms with Gasteiger partial charge >= 0.3 is 0 Å². The number of aromatic nitrogens is 1. The molecule has 1 atom stereocenters. The summed E-state index contributed by atoms with van der Waals surface area (Å²) < 4.78 is 0. The van der Waals surface area contributed by atoms with Crippen LogP contribution in [0.25, 0.3) is 0 Å². The van der Waals surface area contributed by atoms with E-state index in [-0.39, 0.29) is 7.33 Å². The zero-order valence-electron chi connectivity index (χ0n) is 23.0. The van der Waals surface area contributed by atoms with E-state index in [1.165, 1.54) is 5.56 Å². The molecule has 5 rings (SSSR count). The molecular weight excluding hydrogens is 579 g/mol. The average molecular weight is 614 g/mol. The molecule has 2 saturated heterocycles. The Morgan fingerprint density at radius 2 is 1.73 bits per heavy atom.